The van der Waals surface area contributed by atoms with E-state index in [1.165, 1.54) is 17.7 Å². The third-order valence-corrected chi connectivity index (χ3v) is 7.09. The van der Waals surface area contributed by atoms with Crippen molar-refractivity contribution in [3.05, 3.63) is 121 Å². The first-order chi connectivity index (χ1) is 17.5. The Labute approximate surface area is 214 Å². The van der Waals surface area contributed by atoms with Crippen molar-refractivity contribution in [2.45, 2.75) is 24.4 Å². The SMILES string of the molecule is CC(C)(c1ccccc1)c1cnc(SCCOc2ccc(-n3ccnc3)cc2)n1-c1ccc(F)cc1. The molecule has 0 aliphatic heterocycles. The molecule has 0 unspecified atom stereocenters. The number of rotatable bonds is 9. The van der Waals surface area contributed by atoms with Gasteiger partial charge in [0, 0.05) is 34.9 Å². The van der Waals surface area contributed by atoms with Crippen LogP contribution in [0.2, 0.25) is 0 Å². The van der Waals surface area contributed by atoms with Crippen molar-refractivity contribution in [2.75, 3.05) is 12.4 Å². The van der Waals surface area contributed by atoms with Gasteiger partial charge in [0.15, 0.2) is 5.16 Å². The molecular weight excluding hydrogens is 471 g/mol. The van der Waals surface area contributed by atoms with Crippen LogP contribution in [0.25, 0.3) is 11.4 Å². The molecule has 0 saturated carbocycles. The summed E-state index contributed by atoms with van der Waals surface area (Å²) in [7, 11) is 0. The van der Waals surface area contributed by atoms with Crippen LogP contribution in [0.4, 0.5) is 4.39 Å². The molecule has 2 heterocycles. The summed E-state index contributed by atoms with van der Waals surface area (Å²) >= 11 is 1.62. The summed E-state index contributed by atoms with van der Waals surface area (Å²) in [6, 6.07) is 24.8. The van der Waals surface area contributed by atoms with E-state index >= 15 is 0 Å². The summed E-state index contributed by atoms with van der Waals surface area (Å²) in [5.41, 5.74) is 3.84. The maximum Gasteiger partial charge on any atom is 0.172 e. The van der Waals surface area contributed by atoms with E-state index in [1.807, 2.05) is 59.4 Å². The second-order valence-corrected chi connectivity index (χ2v) is 9.95. The number of aromatic nitrogens is 4. The van der Waals surface area contributed by atoms with Crippen LogP contribution < -0.4 is 4.74 Å². The normalized spacial score (nSPS) is 11.5. The predicted octanol–water partition coefficient (Wildman–Crippen LogP) is 6.69. The molecule has 0 fully saturated rings. The van der Waals surface area contributed by atoms with Crippen LogP contribution >= 0.6 is 11.8 Å². The van der Waals surface area contributed by atoms with Crippen LogP contribution in [0.15, 0.2) is 109 Å². The molecule has 0 amide bonds. The van der Waals surface area contributed by atoms with Crippen molar-refractivity contribution >= 4 is 11.8 Å². The highest BCUT2D eigenvalue weighted by molar-refractivity contribution is 7.99. The van der Waals surface area contributed by atoms with Gasteiger partial charge in [-0.3, -0.25) is 4.57 Å². The van der Waals surface area contributed by atoms with Gasteiger partial charge in [-0.1, -0.05) is 55.9 Å². The molecule has 0 atom stereocenters. The lowest BCUT2D eigenvalue weighted by atomic mass is 9.81. The number of hydrogen-bond donors (Lipinski definition) is 0. The Morgan fingerprint density at radius 3 is 2.33 bits per heavy atom. The number of ether oxygens (including phenoxy) is 1. The average Bonchev–Trinajstić information content (AvgIpc) is 3.59. The van der Waals surface area contributed by atoms with Gasteiger partial charge in [-0.2, -0.15) is 0 Å². The molecule has 182 valence electrons. The van der Waals surface area contributed by atoms with Crippen molar-refractivity contribution in [3.8, 4) is 17.1 Å². The van der Waals surface area contributed by atoms with Gasteiger partial charge >= 0.3 is 0 Å². The quantitative estimate of drug-likeness (QED) is 0.168. The molecule has 0 saturated heterocycles. The molecule has 0 N–H and O–H groups in total. The first-order valence-corrected chi connectivity index (χ1v) is 12.7. The van der Waals surface area contributed by atoms with Gasteiger partial charge < -0.3 is 9.30 Å². The zero-order chi connectivity index (χ0) is 25.0. The molecule has 5 rings (SSSR count). The fourth-order valence-corrected chi connectivity index (χ4v) is 4.95. The maximum absolute atomic E-state index is 13.7. The van der Waals surface area contributed by atoms with E-state index < -0.39 is 0 Å². The molecule has 2 aromatic heterocycles. The summed E-state index contributed by atoms with van der Waals surface area (Å²) in [6.45, 7) is 4.90. The second-order valence-electron chi connectivity index (χ2n) is 8.89. The molecule has 0 spiro atoms. The summed E-state index contributed by atoms with van der Waals surface area (Å²) < 4.78 is 23.7. The highest BCUT2D eigenvalue weighted by Gasteiger charge is 2.29. The maximum atomic E-state index is 13.7. The van der Waals surface area contributed by atoms with E-state index in [1.54, 1.807) is 36.4 Å². The van der Waals surface area contributed by atoms with Crippen LogP contribution in [0, 0.1) is 5.82 Å². The molecule has 3 aromatic carbocycles. The lowest BCUT2D eigenvalue weighted by Crippen LogP contribution is -2.23. The second kappa shape index (κ2) is 10.4. The molecular formula is C29H27FN4OS. The van der Waals surface area contributed by atoms with Gasteiger partial charge in [0.25, 0.3) is 0 Å². The minimum absolute atomic E-state index is 0.260. The highest BCUT2D eigenvalue weighted by atomic mass is 32.2. The van der Waals surface area contributed by atoms with Gasteiger partial charge in [0.05, 0.1) is 24.8 Å². The number of hydrogen-bond acceptors (Lipinski definition) is 4. The van der Waals surface area contributed by atoms with Gasteiger partial charge in [-0.15, -0.1) is 0 Å². The lowest BCUT2D eigenvalue weighted by molar-refractivity contribution is 0.344. The predicted molar refractivity (Wildman–Crippen MR) is 142 cm³/mol. The highest BCUT2D eigenvalue weighted by Crippen LogP contribution is 2.36. The Morgan fingerprint density at radius 2 is 1.64 bits per heavy atom. The lowest BCUT2D eigenvalue weighted by Gasteiger charge is -2.27. The first-order valence-electron chi connectivity index (χ1n) is 11.8. The van der Waals surface area contributed by atoms with Crippen molar-refractivity contribution in [1.82, 2.24) is 19.1 Å². The summed E-state index contributed by atoms with van der Waals surface area (Å²) in [5, 5.41) is 0.847. The van der Waals surface area contributed by atoms with E-state index in [4.69, 9.17) is 9.72 Å². The smallest absolute Gasteiger partial charge is 0.172 e. The number of thioether (sulfide) groups is 1. The third-order valence-electron chi connectivity index (χ3n) is 6.17. The number of imidazole rings is 2. The number of halogens is 1. The fraction of sp³-hybridized carbons (Fsp3) is 0.172. The van der Waals surface area contributed by atoms with Crippen LogP contribution in [-0.4, -0.2) is 31.5 Å². The standard InChI is InChI=1S/C29H27FN4OS/c1-29(2,22-6-4-3-5-7-22)27-20-32-28(34(27)25-10-8-23(30)9-11-25)36-19-18-35-26-14-12-24(13-15-26)33-17-16-31-21-33/h3-17,20-21H,18-19H2,1-2H3. The van der Waals surface area contributed by atoms with Gasteiger partial charge in [0.2, 0.25) is 0 Å². The van der Waals surface area contributed by atoms with E-state index in [2.05, 4.69) is 35.5 Å². The Balaban J connectivity index is 1.32. The summed E-state index contributed by atoms with van der Waals surface area (Å²) in [4.78, 5) is 8.84. The van der Waals surface area contributed by atoms with Crippen LogP contribution in [0.5, 0.6) is 5.75 Å². The molecule has 7 heteroatoms. The minimum Gasteiger partial charge on any atom is -0.493 e. The Bertz CT molecular complexity index is 1400. The molecule has 0 bridgehead atoms. The molecule has 5 nitrogen and oxygen atoms in total. The molecule has 36 heavy (non-hydrogen) atoms. The van der Waals surface area contributed by atoms with E-state index in [-0.39, 0.29) is 11.2 Å². The monoisotopic (exact) mass is 498 g/mol. The Kier molecular flexibility index (Phi) is 6.91. The molecule has 5 aromatic rings. The van der Waals surface area contributed by atoms with Crippen molar-refractivity contribution < 1.29 is 9.13 Å². The topological polar surface area (TPSA) is 44.9 Å². The molecule has 0 aliphatic carbocycles. The largest absolute Gasteiger partial charge is 0.493 e. The van der Waals surface area contributed by atoms with Crippen LogP contribution in [0.1, 0.15) is 25.1 Å². The third kappa shape index (κ3) is 5.06. The zero-order valence-electron chi connectivity index (χ0n) is 20.2. The summed E-state index contributed by atoms with van der Waals surface area (Å²) in [6.07, 6.45) is 7.35. The van der Waals surface area contributed by atoms with Gasteiger partial charge in [-0.05, 0) is 54.1 Å². The number of benzene rings is 3. The Morgan fingerprint density at radius 1 is 0.917 bits per heavy atom. The van der Waals surface area contributed by atoms with E-state index in [0.717, 1.165) is 28.0 Å². The van der Waals surface area contributed by atoms with Crippen LogP contribution in [0.3, 0.4) is 0 Å². The molecule has 0 aliphatic rings. The number of nitrogens with zero attached hydrogens (tertiary/aromatic N) is 4. The minimum atomic E-state index is -0.297. The summed E-state index contributed by atoms with van der Waals surface area (Å²) in [5.74, 6) is 1.27. The molecule has 0 radical (unpaired) electrons. The van der Waals surface area contributed by atoms with Crippen molar-refractivity contribution in [3.63, 3.8) is 0 Å². The zero-order valence-corrected chi connectivity index (χ0v) is 21.0. The first kappa shape index (κ1) is 23.9. The van der Waals surface area contributed by atoms with E-state index in [0.29, 0.717) is 12.4 Å². The average molecular weight is 499 g/mol. The van der Waals surface area contributed by atoms with Gasteiger partial charge in [-0.25, -0.2) is 14.4 Å². The van der Waals surface area contributed by atoms with Crippen molar-refractivity contribution in [2.24, 2.45) is 0 Å². The van der Waals surface area contributed by atoms with Gasteiger partial charge in [0.1, 0.15) is 11.6 Å². The van der Waals surface area contributed by atoms with Crippen molar-refractivity contribution in [1.29, 1.82) is 0 Å². The Hall–Kier alpha value is -3.84. The van der Waals surface area contributed by atoms with Crippen LogP contribution in [-0.2, 0) is 5.41 Å². The van der Waals surface area contributed by atoms with E-state index in [9.17, 15) is 4.39 Å². The fourth-order valence-electron chi connectivity index (χ4n) is 4.14.